The van der Waals surface area contributed by atoms with Crippen molar-refractivity contribution in [3.63, 3.8) is 0 Å². The Morgan fingerprint density at radius 3 is 2.00 bits per heavy atom. The van der Waals surface area contributed by atoms with E-state index in [-0.39, 0.29) is 5.92 Å². The van der Waals surface area contributed by atoms with Gasteiger partial charge in [0.15, 0.2) is 0 Å². The zero-order valence-corrected chi connectivity index (χ0v) is 13.7. The molecule has 0 aromatic heterocycles. The smallest absolute Gasteiger partial charge is 0.0409 e. The lowest BCUT2D eigenvalue weighted by molar-refractivity contribution is 0.736. The van der Waals surface area contributed by atoms with Crippen molar-refractivity contribution in [3.05, 3.63) is 71.3 Å². The van der Waals surface area contributed by atoms with E-state index in [0.29, 0.717) is 24.3 Å². The maximum Gasteiger partial charge on any atom is 0.0409 e. The molecule has 23 heavy (non-hydrogen) atoms. The van der Waals surface area contributed by atoms with Crippen LogP contribution in [0.25, 0.3) is 11.1 Å². The van der Waals surface area contributed by atoms with Crippen LogP contribution in [0.15, 0.2) is 65.7 Å². The van der Waals surface area contributed by atoms with Gasteiger partial charge >= 0.3 is 0 Å². The minimum atomic E-state index is 0.217. The van der Waals surface area contributed by atoms with Gasteiger partial charge < -0.3 is 10.8 Å². The molecule has 0 bridgehead atoms. The monoisotopic (exact) mass is 302 g/mol. The van der Waals surface area contributed by atoms with E-state index in [1.165, 1.54) is 16.7 Å². The van der Waals surface area contributed by atoms with Gasteiger partial charge in [-0.25, -0.2) is 0 Å². The highest BCUT2D eigenvalue weighted by Gasteiger charge is 2.28. The first-order chi connectivity index (χ1) is 11.1. The molecule has 116 valence electrons. The summed E-state index contributed by atoms with van der Waals surface area (Å²) in [7, 11) is 0. The molecule has 2 aromatic rings. The third-order valence-corrected chi connectivity index (χ3v) is 4.49. The zero-order chi connectivity index (χ0) is 16.4. The highest BCUT2D eigenvalue weighted by molar-refractivity contribution is 6.24. The molecule has 0 spiro atoms. The van der Waals surface area contributed by atoms with Crippen LogP contribution in [0, 0.1) is 10.8 Å². The summed E-state index contributed by atoms with van der Waals surface area (Å²) in [5, 5.41) is 16.7. The molecule has 1 aliphatic rings. The molecule has 1 aliphatic carbocycles. The summed E-state index contributed by atoms with van der Waals surface area (Å²) in [4.78, 5) is 0. The first kappa shape index (κ1) is 15.4. The van der Waals surface area contributed by atoms with Gasteiger partial charge in [0.25, 0.3) is 0 Å². The Kier molecular flexibility index (Phi) is 4.24. The molecule has 0 aliphatic heterocycles. The van der Waals surface area contributed by atoms with Crippen molar-refractivity contribution in [1.29, 1.82) is 10.8 Å². The van der Waals surface area contributed by atoms with Crippen LogP contribution >= 0.6 is 0 Å². The average molecular weight is 302 g/mol. The molecule has 3 rings (SSSR count). The SMILES string of the molecule is CC(C)=C1C(=N)CC(c2ccccc2-c2ccccc2)CC1=N. The molecule has 0 radical (unpaired) electrons. The van der Waals surface area contributed by atoms with Crippen molar-refractivity contribution in [2.24, 2.45) is 0 Å². The van der Waals surface area contributed by atoms with Gasteiger partial charge in [-0.1, -0.05) is 60.2 Å². The Bertz CT molecular complexity index is 760. The number of hydrogen-bond acceptors (Lipinski definition) is 2. The van der Waals surface area contributed by atoms with Crippen molar-refractivity contribution < 1.29 is 0 Å². The van der Waals surface area contributed by atoms with Gasteiger partial charge in [-0.3, -0.25) is 0 Å². The predicted octanol–water partition coefficient (Wildman–Crippen LogP) is 5.61. The molecular weight excluding hydrogens is 280 g/mol. The van der Waals surface area contributed by atoms with Crippen LogP contribution in [0.5, 0.6) is 0 Å². The molecule has 2 aromatic carbocycles. The van der Waals surface area contributed by atoms with Gasteiger partial charge in [-0.05, 0) is 49.3 Å². The van der Waals surface area contributed by atoms with Crippen molar-refractivity contribution >= 4 is 11.4 Å². The maximum absolute atomic E-state index is 8.36. The van der Waals surface area contributed by atoms with Crippen molar-refractivity contribution in [2.45, 2.75) is 32.6 Å². The van der Waals surface area contributed by atoms with E-state index in [9.17, 15) is 0 Å². The number of allylic oxidation sites excluding steroid dienone is 2. The summed E-state index contributed by atoms with van der Waals surface area (Å²) >= 11 is 0. The zero-order valence-electron chi connectivity index (χ0n) is 13.7. The third-order valence-electron chi connectivity index (χ3n) is 4.49. The van der Waals surface area contributed by atoms with Gasteiger partial charge in [0.2, 0.25) is 0 Å². The largest absolute Gasteiger partial charge is 0.305 e. The molecule has 2 N–H and O–H groups in total. The van der Waals surface area contributed by atoms with E-state index >= 15 is 0 Å². The van der Waals surface area contributed by atoms with Crippen LogP contribution in [0.1, 0.15) is 38.2 Å². The molecule has 0 heterocycles. The van der Waals surface area contributed by atoms with E-state index in [1.807, 2.05) is 19.9 Å². The normalized spacial score (nSPS) is 18.2. The lowest BCUT2D eigenvalue weighted by Gasteiger charge is -2.28. The Morgan fingerprint density at radius 1 is 0.826 bits per heavy atom. The summed E-state index contributed by atoms with van der Waals surface area (Å²) in [5.41, 5.74) is 6.82. The molecule has 2 nitrogen and oxygen atoms in total. The molecule has 0 unspecified atom stereocenters. The van der Waals surface area contributed by atoms with Crippen molar-refractivity contribution in [2.75, 3.05) is 0 Å². The fraction of sp³-hybridized carbons (Fsp3) is 0.238. The molecule has 2 heteroatoms. The van der Waals surface area contributed by atoms with Crippen LogP contribution < -0.4 is 0 Å². The molecule has 0 atom stereocenters. The molecule has 1 fully saturated rings. The van der Waals surface area contributed by atoms with Gasteiger partial charge in [-0.2, -0.15) is 0 Å². The van der Waals surface area contributed by atoms with E-state index in [4.69, 9.17) is 10.8 Å². The number of rotatable bonds is 2. The molecular formula is C21H22N2. The number of benzene rings is 2. The van der Waals surface area contributed by atoms with Crippen LogP contribution in [-0.4, -0.2) is 11.4 Å². The second-order valence-electron chi connectivity index (χ2n) is 6.39. The van der Waals surface area contributed by atoms with Crippen LogP contribution in [0.3, 0.4) is 0 Å². The minimum Gasteiger partial charge on any atom is -0.305 e. The second kappa shape index (κ2) is 6.33. The van der Waals surface area contributed by atoms with E-state index in [2.05, 4.69) is 48.5 Å². The van der Waals surface area contributed by atoms with E-state index in [0.717, 1.165) is 11.1 Å². The third kappa shape index (κ3) is 3.02. The average Bonchev–Trinajstić information content (AvgIpc) is 2.54. The quantitative estimate of drug-likeness (QED) is 0.724. The first-order valence-electron chi connectivity index (χ1n) is 8.05. The standard InChI is InChI=1S/C21H22N2/c1-14(2)21-19(22)12-16(13-20(21)23)18-11-7-6-10-17(18)15-8-4-3-5-9-15/h3-11,16,22-23H,12-13H2,1-2H3. The topological polar surface area (TPSA) is 47.7 Å². The van der Waals surface area contributed by atoms with E-state index < -0.39 is 0 Å². The summed E-state index contributed by atoms with van der Waals surface area (Å²) in [6.45, 7) is 3.99. The van der Waals surface area contributed by atoms with Crippen LogP contribution in [-0.2, 0) is 0 Å². The summed E-state index contributed by atoms with van der Waals surface area (Å²) in [6, 6.07) is 18.8. The number of nitrogens with one attached hydrogen (secondary N) is 2. The minimum absolute atomic E-state index is 0.217. The molecule has 1 saturated carbocycles. The summed E-state index contributed by atoms with van der Waals surface area (Å²) < 4.78 is 0. The number of hydrogen-bond donors (Lipinski definition) is 2. The fourth-order valence-electron chi connectivity index (χ4n) is 3.51. The summed E-state index contributed by atoms with van der Waals surface area (Å²) in [6.07, 6.45) is 1.43. The van der Waals surface area contributed by atoms with E-state index in [1.54, 1.807) is 0 Å². The maximum atomic E-state index is 8.36. The van der Waals surface area contributed by atoms with Crippen LogP contribution in [0.4, 0.5) is 0 Å². The Balaban J connectivity index is 2.00. The second-order valence-corrected chi connectivity index (χ2v) is 6.39. The van der Waals surface area contributed by atoms with Gasteiger partial charge in [-0.15, -0.1) is 0 Å². The Hall–Kier alpha value is -2.48. The van der Waals surface area contributed by atoms with Gasteiger partial charge in [0.05, 0.1) is 0 Å². The lowest BCUT2D eigenvalue weighted by Crippen LogP contribution is -2.25. The summed E-state index contributed by atoms with van der Waals surface area (Å²) in [5.74, 6) is 0.217. The van der Waals surface area contributed by atoms with Crippen molar-refractivity contribution in [3.8, 4) is 11.1 Å². The highest BCUT2D eigenvalue weighted by atomic mass is 14.5. The molecule has 0 amide bonds. The Labute approximate surface area is 137 Å². The lowest BCUT2D eigenvalue weighted by atomic mass is 9.76. The Morgan fingerprint density at radius 2 is 1.39 bits per heavy atom. The molecule has 0 saturated heterocycles. The highest BCUT2D eigenvalue weighted by Crippen LogP contribution is 2.37. The predicted molar refractivity (Wildman–Crippen MR) is 97.7 cm³/mol. The first-order valence-corrected chi connectivity index (χ1v) is 8.05. The van der Waals surface area contributed by atoms with Gasteiger partial charge in [0.1, 0.15) is 0 Å². The van der Waals surface area contributed by atoms with Gasteiger partial charge in [0, 0.05) is 17.0 Å². The fourth-order valence-corrected chi connectivity index (χ4v) is 3.51. The van der Waals surface area contributed by atoms with Crippen molar-refractivity contribution in [1.82, 2.24) is 0 Å². The van der Waals surface area contributed by atoms with Crippen LogP contribution in [0.2, 0.25) is 0 Å².